The van der Waals surface area contributed by atoms with Crippen molar-refractivity contribution in [3.8, 4) is 5.75 Å². The second-order valence-electron chi connectivity index (χ2n) is 2.72. The van der Waals surface area contributed by atoms with E-state index in [1.165, 1.54) is 4.88 Å². The largest absolute Gasteiger partial charge is 0.492 e. The Morgan fingerprint density at radius 3 is 3.25 bits per heavy atom. The lowest BCUT2D eigenvalue weighted by Gasteiger charge is -2.20. The zero-order valence-corrected chi connectivity index (χ0v) is 8.29. The molecule has 1 aliphatic heterocycles. The van der Waals surface area contributed by atoms with Crippen LogP contribution in [0.15, 0.2) is 11.4 Å². The maximum atomic E-state index is 5.63. The van der Waals surface area contributed by atoms with E-state index in [9.17, 15) is 0 Å². The van der Waals surface area contributed by atoms with Crippen LogP contribution >= 0.6 is 23.7 Å². The van der Waals surface area contributed by atoms with Crippen molar-refractivity contribution in [3.63, 3.8) is 0 Å². The lowest BCUT2D eigenvalue weighted by molar-refractivity contribution is 0.272. The van der Waals surface area contributed by atoms with Gasteiger partial charge in [0.2, 0.25) is 0 Å². The molecule has 1 aromatic rings. The number of fused-ring (bicyclic) bond motifs is 1. The van der Waals surface area contributed by atoms with E-state index in [0.717, 1.165) is 25.3 Å². The van der Waals surface area contributed by atoms with E-state index >= 15 is 0 Å². The van der Waals surface area contributed by atoms with Crippen LogP contribution in [0.5, 0.6) is 5.75 Å². The highest BCUT2D eigenvalue weighted by Crippen LogP contribution is 2.36. The molecule has 1 aromatic heterocycles. The smallest absolute Gasteiger partial charge is 0.133 e. The van der Waals surface area contributed by atoms with E-state index in [1.807, 2.05) is 6.07 Å². The molecule has 0 fully saturated rings. The molecule has 0 saturated carbocycles. The predicted octanol–water partition coefficient (Wildman–Crippen LogP) is 1.99. The number of hydrogen-bond acceptors (Lipinski definition) is 3. The molecule has 0 saturated heterocycles. The van der Waals surface area contributed by atoms with Crippen molar-refractivity contribution in [2.75, 3.05) is 13.2 Å². The first-order valence-electron chi connectivity index (χ1n) is 3.82. The van der Waals surface area contributed by atoms with Crippen LogP contribution in [0.25, 0.3) is 0 Å². The molecule has 12 heavy (non-hydrogen) atoms. The molecular weight excluding hydrogens is 194 g/mol. The van der Waals surface area contributed by atoms with Crippen LogP contribution in [0.1, 0.15) is 17.2 Å². The van der Waals surface area contributed by atoms with Gasteiger partial charge in [0, 0.05) is 12.5 Å². The first kappa shape index (κ1) is 9.84. The second-order valence-corrected chi connectivity index (χ2v) is 3.67. The Hall–Kier alpha value is -0.250. The van der Waals surface area contributed by atoms with Crippen LogP contribution in [-0.2, 0) is 0 Å². The van der Waals surface area contributed by atoms with Gasteiger partial charge in [-0.2, -0.15) is 0 Å². The standard InChI is InChI=1S/C8H11NOS.ClH/c9-5-6-1-3-10-7-2-4-11-8(6)7;/h2,4,6H,1,3,5,9H2;1H. The third-order valence-corrected chi connectivity index (χ3v) is 3.10. The topological polar surface area (TPSA) is 35.2 Å². The Morgan fingerprint density at radius 2 is 2.50 bits per heavy atom. The Morgan fingerprint density at radius 1 is 1.67 bits per heavy atom. The van der Waals surface area contributed by atoms with Crippen LogP contribution in [0.2, 0.25) is 0 Å². The molecule has 1 atom stereocenters. The quantitative estimate of drug-likeness (QED) is 0.761. The van der Waals surface area contributed by atoms with Crippen LogP contribution in [-0.4, -0.2) is 13.2 Å². The lowest BCUT2D eigenvalue weighted by Crippen LogP contribution is -2.19. The number of thiophene rings is 1. The van der Waals surface area contributed by atoms with E-state index < -0.39 is 0 Å². The van der Waals surface area contributed by atoms with Crippen molar-refractivity contribution in [1.29, 1.82) is 0 Å². The molecule has 2 rings (SSSR count). The number of ether oxygens (including phenoxy) is 1. The molecule has 2 N–H and O–H groups in total. The summed E-state index contributed by atoms with van der Waals surface area (Å²) in [5, 5.41) is 2.07. The summed E-state index contributed by atoms with van der Waals surface area (Å²) in [6, 6.07) is 2.03. The first-order chi connectivity index (χ1) is 5.42. The summed E-state index contributed by atoms with van der Waals surface area (Å²) in [6.45, 7) is 1.57. The van der Waals surface area contributed by atoms with Crippen LogP contribution < -0.4 is 10.5 Å². The minimum atomic E-state index is 0. The molecule has 68 valence electrons. The highest BCUT2D eigenvalue weighted by Gasteiger charge is 2.20. The molecule has 0 spiro atoms. The van der Waals surface area contributed by atoms with Gasteiger partial charge in [0.05, 0.1) is 11.5 Å². The molecule has 0 radical (unpaired) electrons. The van der Waals surface area contributed by atoms with Gasteiger partial charge in [0.25, 0.3) is 0 Å². The third-order valence-electron chi connectivity index (χ3n) is 2.04. The molecule has 1 unspecified atom stereocenters. The van der Waals surface area contributed by atoms with Gasteiger partial charge < -0.3 is 10.5 Å². The monoisotopic (exact) mass is 205 g/mol. The summed E-state index contributed by atoms with van der Waals surface area (Å²) >= 11 is 1.75. The van der Waals surface area contributed by atoms with E-state index in [4.69, 9.17) is 10.5 Å². The molecule has 1 aliphatic rings. The van der Waals surface area contributed by atoms with Crippen LogP contribution in [0.4, 0.5) is 0 Å². The fourth-order valence-corrected chi connectivity index (χ4v) is 2.38. The molecule has 2 nitrogen and oxygen atoms in total. The Labute approximate surface area is 82.1 Å². The predicted molar refractivity (Wildman–Crippen MR) is 53.5 cm³/mol. The van der Waals surface area contributed by atoms with Gasteiger partial charge in [0.1, 0.15) is 5.75 Å². The average molecular weight is 206 g/mol. The van der Waals surface area contributed by atoms with Crippen LogP contribution in [0, 0.1) is 0 Å². The van der Waals surface area contributed by atoms with Gasteiger partial charge in [-0.3, -0.25) is 0 Å². The minimum absolute atomic E-state index is 0. The van der Waals surface area contributed by atoms with Crippen molar-refractivity contribution in [1.82, 2.24) is 0 Å². The summed E-state index contributed by atoms with van der Waals surface area (Å²) < 4.78 is 5.45. The Balaban J connectivity index is 0.000000720. The van der Waals surface area contributed by atoms with Gasteiger partial charge in [0.15, 0.2) is 0 Å². The van der Waals surface area contributed by atoms with E-state index in [0.29, 0.717) is 5.92 Å². The molecule has 2 heterocycles. The highest BCUT2D eigenvalue weighted by atomic mass is 35.5. The van der Waals surface area contributed by atoms with E-state index in [-0.39, 0.29) is 12.4 Å². The molecule has 0 bridgehead atoms. The summed E-state index contributed by atoms with van der Waals surface area (Å²) in [5.74, 6) is 1.59. The third kappa shape index (κ3) is 1.58. The first-order valence-corrected chi connectivity index (χ1v) is 4.70. The van der Waals surface area contributed by atoms with E-state index in [2.05, 4.69) is 5.38 Å². The number of hydrogen-bond donors (Lipinski definition) is 1. The highest BCUT2D eigenvalue weighted by molar-refractivity contribution is 7.10. The lowest BCUT2D eigenvalue weighted by atomic mass is 10.0. The molecule has 0 aromatic carbocycles. The van der Waals surface area contributed by atoms with Crippen molar-refractivity contribution >= 4 is 23.7 Å². The maximum absolute atomic E-state index is 5.63. The fourth-order valence-electron chi connectivity index (χ4n) is 1.39. The number of nitrogens with two attached hydrogens (primary N) is 1. The fraction of sp³-hybridized carbons (Fsp3) is 0.500. The maximum Gasteiger partial charge on any atom is 0.133 e. The molecule has 0 amide bonds. The van der Waals surface area contributed by atoms with Crippen molar-refractivity contribution in [2.24, 2.45) is 5.73 Å². The van der Waals surface area contributed by atoms with Gasteiger partial charge in [-0.05, 0) is 17.9 Å². The zero-order valence-electron chi connectivity index (χ0n) is 6.66. The van der Waals surface area contributed by atoms with Crippen molar-refractivity contribution in [2.45, 2.75) is 12.3 Å². The number of halogens is 1. The van der Waals surface area contributed by atoms with Crippen molar-refractivity contribution in [3.05, 3.63) is 16.3 Å². The van der Waals surface area contributed by atoms with Gasteiger partial charge >= 0.3 is 0 Å². The molecular formula is C8H12ClNOS. The summed E-state index contributed by atoms with van der Waals surface area (Å²) in [4.78, 5) is 1.33. The van der Waals surface area contributed by atoms with Crippen molar-refractivity contribution < 1.29 is 4.74 Å². The summed E-state index contributed by atoms with van der Waals surface area (Å²) in [6.07, 6.45) is 1.07. The second kappa shape index (κ2) is 4.12. The SMILES string of the molecule is Cl.NCC1CCOc2ccsc21. The van der Waals surface area contributed by atoms with Gasteiger partial charge in [-0.1, -0.05) is 0 Å². The molecule has 0 aliphatic carbocycles. The van der Waals surface area contributed by atoms with Crippen LogP contribution in [0.3, 0.4) is 0 Å². The average Bonchev–Trinajstić information content (AvgIpc) is 2.50. The Kier molecular flexibility index (Phi) is 3.38. The van der Waals surface area contributed by atoms with Gasteiger partial charge in [-0.15, -0.1) is 23.7 Å². The number of rotatable bonds is 1. The summed E-state index contributed by atoms with van der Waals surface area (Å²) in [5.41, 5.74) is 5.63. The Bertz CT molecular complexity index is 251. The van der Waals surface area contributed by atoms with Gasteiger partial charge in [-0.25, -0.2) is 0 Å². The van der Waals surface area contributed by atoms with E-state index in [1.54, 1.807) is 11.3 Å². The zero-order chi connectivity index (χ0) is 7.68. The molecule has 4 heteroatoms. The summed E-state index contributed by atoms with van der Waals surface area (Å²) in [7, 11) is 0. The normalized spacial score (nSPS) is 20.6. The minimum Gasteiger partial charge on any atom is -0.492 e.